The molecule has 1 aliphatic rings. The van der Waals surface area contributed by atoms with E-state index in [9.17, 15) is 19.7 Å². The van der Waals surface area contributed by atoms with Crippen LogP contribution in [0.25, 0.3) is 0 Å². The van der Waals surface area contributed by atoms with Crippen molar-refractivity contribution in [3.8, 4) is 5.75 Å². The summed E-state index contributed by atoms with van der Waals surface area (Å²) in [6.07, 6.45) is 0.992. The number of likely N-dealkylation sites (tertiary alicyclic amines) is 1. The molecule has 1 heterocycles. The smallest absolute Gasteiger partial charge is 0.415 e. The first-order valence-corrected chi connectivity index (χ1v) is 6.40. The Kier molecular flexibility index (Phi) is 4.70. The quantitative estimate of drug-likeness (QED) is 0.466. The summed E-state index contributed by atoms with van der Waals surface area (Å²) in [6.45, 7) is 1.01. The van der Waals surface area contributed by atoms with Gasteiger partial charge in [-0.25, -0.2) is 4.79 Å². The van der Waals surface area contributed by atoms with Crippen molar-refractivity contribution in [2.45, 2.75) is 18.9 Å². The number of nitrogens with zero attached hydrogens (tertiary/aromatic N) is 2. The Morgan fingerprint density at radius 3 is 2.76 bits per heavy atom. The van der Waals surface area contributed by atoms with Crippen molar-refractivity contribution >= 4 is 18.3 Å². The average molecular weight is 294 g/mol. The highest BCUT2D eigenvalue weighted by Crippen LogP contribution is 2.22. The molecule has 1 atom stereocenters. The highest BCUT2D eigenvalue weighted by atomic mass is 16.6. The van der Waals surface area contributed by atoms with E-state index >= 15 is 0 Å². The minimum Gasteiger partial charge on any atom is -0.466 e. The molecular weight excluding hydrogens is 280 g/mol. The van der Waals surface area contributed by atoms with Crippen LogP contribution >= 0.6 is 0 Å². The van der Waals surface area contributed by atoms with E-state index < -0.39 is 11.0 Å². The van der Waals surface area contributed by atoms with Crippen LogP contribution in [0.5, 0.6) is 5.75 Å². The molecule has 1 fully saturated rings. The molecule has 1 saturated heterocycles. The van der Waals surface area contributed by atoms with Crippen molar-refractivity contribution in [3.05, 3.63) is 34.4 Å². The summed E-state index contributed by atoms with van der Waals surface area (Å²) in [4.78, 5) is 33.7. The van der Waals surface area contributed by atoms with Crippen LogP contribution in [0, 0.1) is 10.1 Å². The Labute approximate surface area is 120 Å². The molecule has 112 valence electrons. The topological polar surface area (TPSA) is 99.0 Å². The van der Waals surface area contributed by atoms with Gasteiger partial charge in [0.05, 0.1) is 11.0 Å². The standard InChI is InChI=1S/C13H14N2O6/c16-9-20-8-11-2-1-7-14(11)13(17)21-12-5-3-10(4-6-12)15(18)19/h3-6,9,11H,1-2,7-8H2. The highest BCUT2D eigenvalue weighted by Gasteiger charge is 2.30. The van der Waals surface area contributed by atoms with Crippen molar-refractivity contribution in [3.63, 3.8) is 0 Å². The maximum Gasteiger partial charge on any atom is 0.415 e. The van der Waals surface area contributed by atoms with Crippen molar-refractivity contribution in [2.24, 2.45) is 0 Å². The van der Waals surface area contributed by atoms with Gasteiger partial charge in [0.1, 0.15) is 12.4 Å². The maximum atomic E-state index is 12.0. The van der Waals surface area contributed by atoms with Gasteiger partial charge in [0.15, 0.2) is 0 Å². The highest BCUT2D eigenvalue weighted by molar-refractivity contribution is 5.71. The van der Waals surface area contributed by atoms with Crippen molar-refractivity contribution in [1.82, 2.24) is 4.90 Å². The number of nitro benzene ring substituents is 1. The molecule has 1 aliphatic heterocycles. The van der Waals surface area contributed by atoms with Crippen LogP contribution in [0.3, 0.4) is 0 Å². The summed E-state index contributed by atoms with van der Waals surface area (Å²) in [5, 5.41) is 10.5. The van der Waals surface area contributed by atoms with Crippen LogP contribution < -0.4 is 4.74 Å². The first-order chi connectivity index (χ1) is 10.1. The van der Waals surface area contributed by atoms with E-state index in [1.165, 1.54) is 29.2 Å². The third-order valence-corrected chi connectivity index (χ3v) is 3.22. The zero-order valence-corrected chi connectivity index (χ0v) is 11.1. The summed E-state index contributed by atoms with van der Waals surface area (Å²) in [6, 6.07) is 5.06. The van der Waals surface area contributed by atoms with Crippen molar-refractivity contribution in [2.75, 3.05) is 13.2 Å². The van der Waals surface area contributed by atoms with E-state index in [-0.39, 0.29) is 24.1 Å². The van der Waals surface area contributed by atoms with Gasteiger partial charge in [-0.05, 0) is 25.0 Å². The monoisotopic (exact) mass is 294 g/mol. The number of carbonyl (C=O) groups excluding carboxylic acids is 2. The number of hydrogen-bond donors (Lipinski definition) is 0. The SMILES string of the molecule is O=COCC1CCCN1C(=O)Oc1ccc([N+](=O)[O-])cc1. The van der Waals surface area contributed by atoms with Gasteiger partial charge < -0.3 is 14.4 Å². The van der Waals surface area contributed by atoms with Crippen LogP contribution in [0.4, 0.5) is 10.5 Å². The average Bonchev–Trinajstić information content (AvgIpc) is 2.94. The molecule has 2 rings (SSSR count). The van der Waals surface area contributed by atoms with E-state index in [0.717, 1.165) is 12.8 Å². The fraction of sp³-hybridized carbons (Fsp3) is 0.385. The minimum atomic E-state index is -0.555. The van der Waals surface area contributed by atoms with Gasteiger partial charge >= 0.3 is 6.09 Å². The predicted molar refractivity (Wildman–Crippen MR) is 70.9 cm³/mol. The molecule has 0 spiro atoms. The zero-order chi connectivity index (χ0) is 15.2. The fourth-order valence-corrected chi connectivity index (χ4v) is 2.20. The molecule has 0 aromatic heterocycles. The predicted octanol–water partition coefficient (Wildman–Crippen LogP) is 1.73. The molecule has 1 unspecified atom stereocenters. The molecule has 21 heavy (non-hydrogen) atoms. The van der Waals surface area contributed by atoms with Gasteiger partial charge in [0, 0.05) is 18.7 Å². The molecule has 0 N–H and O–H groups in total. The summed E-state index contributed by atoms with van der Waals surface area (Å²) >= 11 is 0. The molecule has 0 aliphatic carbocycles. The lowest BCUT2D eigenvalue weighted by Crippen LogP contribution is -2.40. The molecule has 8 nitrogen and oxygen atoms in total. The molecule has 1 aromatic carbocycles. The normalized spacial score (nSPS) is 17.3. The molecular formula is C13H14N2O6. The largest absolute Gasteiger partial charge is 0.466 e. The second-order valence-corrected chi connectivity index (χ2v) is 4.54. The number of rotatable bonds is 5. The zero-order valence-electron chi connectivity index (χ0n) is 11.1. The molecule has 0 radical (unpaired) electrons. The lowest BCUT2D eigenvalue weighted by molar-refractivity contribution is -0.384. The van der Waals surface area contributed by atoms with E-state index in [4.69, 9.17) is 4.74 Å². The maximum absolute atomic E-state index is 12.0. The van der Waals surface area contributed by atoms with Gasteiger partial charge in [0.2, 0.25) is 0 Å². The van der Waals surface area contributed by atoms with Gasteiger partial charge in [-0.3, -0.25) is 14.9 Å². The number of non-ortho nitro benzene ring substituents is 1. The summed E-state index contributed by atoms with van der Waals surface area (Å²) in [5.41, 5.74) is -0.0757. The number of amides is 1. The number of ether oxygens (including phenoxy) is 2. The first-order valence-electron chi connectivity index (χ1n) is 6.40. The number of hydrogen-bond acceptors (Lipinski definition) is 6. The van der Waals surface area contributed by atoms with Crippen LogP contribution in [0.1, 0.15) is 12.8 Å². The Balaban J connectivity index is 1.96. The van der Waals surface area contributed by atoms with Crippen LogP contribution in [-0.4, -0.2) is 41.6 Å². The van der Waals surface area contributed by atoms with Crippen molar-refractivity contribution < 1.29 is 24.0 Å². The number of benzene rings is 1. The lowest BCUT2D eigenvalue weighted by Gasteiger charge is -2.22. The van der Waals surface area contributed by atoms with Gasteiger partial charge in [-0.2, -0.15) is 0 Å². The third kappa shape index (κ3) is 3.68. The first kappa shape index (κ1) is 14.8. The molecule has 0 saturated carbocycles. The van der Waals surface area contributed by atoms with E-state index in [2.05, 4.69) is 4.74 Å². The molecule has 8 heteroatoms. The minimum absolute atomic E-state index is 0.0757. The summed E-state index contributed by atoms with van der Waals surface area (Å²) < 4.78 is 9.85. The van der Waals surface area contributed by atoms with E-state index in [1.54, 1.807) is 0 Å². The summed E-state index contributed by atoms with van der Waals surface area (Å²) in [7, 11) is 0. The molecule has 0 bridgehead atoms. The Morgan fingerprint density at radius 2 is 2.14 bits per heavy atom. The van der Waals surface area contributed by atoms with Gasteiger partial charge in [-0.15, -0.1) is 0 Å². The Bertz CT molecular complexity index is 530. The van der Waals surface area contributed by atoms with Crippen LogP contribution in [-0.2, 0) is 9.53 Å². The summed E-state index contributed by atoms with van der Waals surface area (Å²) in [5.74, 6) is 0.229. The van der Waals surface area contributed by atoms with Crippen LogP contribution in [0.2, 0.25) is 0 Å². The molecule has 1 aromatic rings. The van der Waals surface area contributed by atoms with E-state index in [1.807, 2.05) is 0 Å². The second kappa shape index (κ2) is 6.69. The number of carbonyl (C=O) groups is 2. The van der Waals surface area contributed by atoms with Gasteiger partial charge in [-0.1, -0.05) is 0 Å². The Hall–Kier alpha value is -2.64. The third-order valence-electron chi connectivity index (χ3n) is 3.22. The van der Waals surface area contributed by atoms with E-state index in [0.29, 0.717) is 13.0 Å². The lowest BCUT2D eigenvalue weighted by atomic mass is 10.2. The second-order valence-electron chi connectivity index (χ2n) is 4.54. The van der Waals surface area contributed by atoms with Crippen LogP contribution in [0.15, 0.2) is 24.3 Å². The fourth-order valence-electron chi connectivity index (χ4n) is 2.20. The van der Waals surface area contributed by atoms with Gasteiger partial charge in [0.25, 0.3) is 12.2 Å². The van der Waals surface area contributed by atoms with Crippen molar-refractivity contribution in [1.29, 1.82) is 0 Å². The molecule has 1 amide bonds. The number of nitro groups is 1. The Morgan fingerprint density at radius 1 is 1.43 bits per heavy atom.